The van der Waals surface area contributed by atoms with E-state index in [0.29, 0.717) is 4.90 Å². The summed E-state index contributed by atoms with van der Waals surface area (Å²) in [5.74, 6) is -4.70. The summed E-state index contributed by atoms with van der Waals surface area (Å²) in [4.78, 5) is 41.0. The smallest absolute Gasteiger partial charge is 0.335 e. The highest BCUT2D eigenvalue weighted by Crippen LogP contribution is 2.13. The molecule has 10 heteroatoms. The molecule has 0 saturated heterocycles. The van der Waals surface area contributed by atoms with Crippen molar-refractivity contribution in [2.75, 3.05) is 0 Å². The molecule has 0 bridgehead atoms. The van der Waals surface area contributed by atoms with Crippen molar-refractivity contribution in [2.24, 2.45) is 0 Å². The Hall–Kier alpha value is -2.20. The third-order valence-corrected chi connectivity index (χ3v) is 2.73. The van der Waals surface area contributed by atoms with Gasteiger partial charge in [0.1, 0.15) is 5.25 Å². The number of aliphatic carboxylic acids is 2. The molecular formula is C12H12O8S2. The first kappa shape index (κ1) is 19.8. The Morgan fingerprint density at radius 1 is 0.909 bits per heavy atom. The van der Waals surface area contributed by atoms with Crippen molar-refractivity contribution in [2.45, 2.75) is 16.6 Å². The Morgan fingerprint density at radius 2 is 1.32 bits per heavy atom. The Balaban J connectivity index is 0.000000433. The molecule has 0 fully saturated rings. The van der Waals surface area contributed by atoms with Crippen LogP contribution in [0.4, 0.5) is 0 Å². The molecule has 1 aromatic rings. The monoisotopic (exact) mass is 348 g/mol. The Morgan fingerprint density at radius 3 is 1.55 bits per heavy atom. The summed E-state index contributed by atoms with van der Waals surface area (Å²) in [7, 11) is 0. The van der Waals surface area contributed by atoms with Crippen molar-refractivity contribution in [3.8, 4) is 0 Å². The minimum Gasteiger partial charge on any atom is -0.481 e. The zero-order chi connectivity index (χ0) is 17.4. The first-order valence-corrected chi connectivity index (χ1v) is 6.44. The van der Waals surface area contributed by atoms with E-state index in [-0.39, 0.29) is 11.1 Å². The molecular weight excluding hydrogens is 336 g/mol. The highest BCUT2D eigenvalue weighted by Gasteiger charge is 2.15. The SMILES string of the molecule is O=C(O)CC(S)C(=O)O.O=C(O)c1cc(S)cc(C(=O)O)c1. The Kier molecular flexibility index (Phi) is 8.05. The lowest BCUT2D eigenvalue weighted by Gasteiger charge is -1.99. The minimum atomic E-state index is -1.21. The second-order valence-electron chi connectivity index (χ2n) is 3.83. The summed E-state index contributed by atoms with van der Waals surface area (Å²) in [6.07, 6.45) is -0.446. The number of carboxylic acids is 4. The second kappa shape index (κ2) is 8.95. The Labute approximate surface area is 135 Å². The molecule has 0 aliphatic rings. The van der Waals surface area contributed by atoms with Gasteiger partial charge >= 0.3 is 23.9 Å². The second-order valence-corrected chi connectivity index (χ2v) is 4.97. The number of thiol groups is 2. The molecule has 0 radical (unpaired) electrons. The summed E-state index contributed by atoms with van der Waals surface area (Å²) in [6, 6.07) is 3.67. The van der Waals surface area contributed by atoms with E-state index in [4.69, 9.17) is 20.4 Å². The fourth-order valence-corrected chi connectivity index (χ4v) is 1.55. The topological polar surface area (TPSA) is 149 Å². The van der Waals surface area contributed by atoms with Crippen molar-refractivity contribution >= 4 is 49.1 Å². The summed E-state index contributed by atoms with van der Waals surface area (Å²) >= 11 is 7.37. The van der Waals surface area contributed by atoms with Crippen LogP contribution in [0.3, 0.4) is 0 Å². The van der Waals surface area contributed by atoms with Crippen LogP contribution in [0.2, 0.25) is 0 Å². The maximum absolute atomic E-state index is 10.5. The number of carbonyl (C=O) groups is 4. The van der Waals surface area contributed by atoms with Crippen molar-refractivity contribution in [3.05, 3.63) is 29.3 Å². The summed E-state index contributed by atoms with van der Waals surface area (Å²) in [5, 5.41) is 32.2. The van der Waals surface area contributed by atoms with Crippen molar-refractivity contribution in [3.63, 3.8) is 0 Å². The fraction of sp³-hybridized carbons (Fsp3) is 0.167. The molecule has 0 spiro atoms. The quantitative estimate of drug-likeness (QED) is 0.435. The summed E-state index contributed by atoms with van der Waals surface area (Å²) in [6.45, 7) is 0. The maximum Gasteiger partial charge on any atom is 0.335 e. The van der Waals surface area contributed by atoms with Crippen LogP contribution in [0, 0.1) is 0 Å². The van der Waals surface area contributed by atoms with Gasteiger partial charge in [-0.05, 0) is 18.2 Å². The number of benzene rings is 1. The van der Waals surface area contributed by atoms with E-state index in [1.54, 1.807) is 0 Å². The maximum atomic E-state index is 10.5. The van der Waals surface area contributed by atoms with E-state index in [1.807, 2.05) is 0 Å². The summed E-state index contributed by atoms with van der Waals surface area (Å²) < 4.78 is 0. The molecule has 0 heterocycles. The van der Waals surface area contributed by atoms with Crippen molar-refractivity contribution in [1.29, 1.82) is 0 Å². The molecule has 0 amide bonds. The van der Waals surface area contributed by atoms with E-state index >= 15 is 0 Å². The average Bonchev–Trinajstić information content (AvgIpc) is 2.37. The zero-order valence-electron chi connectivity index (χ0n) is 10.8. The van der Waals surface area contributed by atoms with E-state index in [2.05, 4.69) is 25.3 Å². The van der Waals surface area contributed by atoms with Gasteiger partial charge in [-0.15, -0.1) is 12.6 Å². The molecule has 4 N–H and O–H groups in total. The predicted molar refractivity (Wildman–Crippen MR) is 80.3 cm³/mol. The first-order valence-electron chi connectivity index (χ1n) is 5.48. The van der Waals surface area contributed by atoms with Crippen LogP contribution in [0.5, 0.6) is 0 Å². The molecule has 120 valence electrons. The van der Waals surface area contributed by atoms with Crippen LogP contribution in [-0.2, 0) is 9.59 Å². The third-order valence-electron chi connectivity index (χ3n) is 2.06. The van der Waals surface area contributed by atoms with Gasteiger partial charge < -0.3 is 20.4 Å². The number of hydrogen-bond acceptors (Lipinski definition) is 6. The zero-order valence-corrected chi connectivity index (χ0v) is 12.6. The Bertz CT molecular complexity index is 567. The fourth-order valence-electron chi connectivity index (χ4n) is 1.11. The molecule has 8 nitrogen and oxygen atoms in total. The van der Waals surface area contributed by atoms with Crippen LogP contribution in [0.1, 0.15) is 27.1 Å². The van der Waals surface area contributed by atoms with Gasteiger partial charge in [-0.2, -0.15) is 12.6 Å². The van der Waals surface area contributed by atoms with Gasteiger partial charge in [0.15, 0.2) is 0 Å². The van der Waals surface area contributed by atoms with Crippen LogP contribution in [0.25, 0.3) is 0 Å². The highest BCUT2D eigenvalue weighted by atomic mass is 32.1. The molecule has 0 aliphatic heterocycles. The van der Waals surface area contributed by atoms with E-state index in [0.717, 1.165) is 6.07 Å². The van der Waals surface area contributed by atoms with Gasteiger partial charge in [0.25, 0.3) is 0 Å². The molecule has 22 heavy (non-hydrogen) atoms. The molecule has 1 rings (SSSR count). The molecule has 0 aliphatic carbocycles. The van der Waals surface area contributed by atoms with E-state index in [1.165, 1.54) is 12.1 Å². The molecule has 1 unspecified atom stereocenters. The lowest BCUT2D eigenvalue weighted by molar-refractivity contribution is -0.142. The lowest BCUT2D eigenvalue weighted by Crippen LogP contribution is -2.17. The van der Waals surface area contributed by atoms with Crippen LogP contribution in [0.15, 0.2) is 23.1 Å². The normalized spacial score (nSPS) is 10.8. The van der Waals surface area contributed by atoms with Crippen LogP contribution < -0.4 is 0 Å². The van der Waals surface area contributed by atoms with Crippen molar-refractivity contribution < 1.29 is 39.6 Å². The highest BCUT2D eigenvalue weighted by molar-refractivity contribution is 7.81. The number of aromatic carboxylic acids is 2. The van der Waals surface area contributed by atoms with Gasteiger partial charge in [-0.25, -0.2) is 9.59 Å². The van der Waals surface area contributed by atoms with Gasteiger partial charge in [0.05, 0.1) is 17.5 Å². The third kappa shape index (κ3) is 7.55. The average molecular weight is 348 g/mol. The number of hydrogen-bond donors (Lipinski definition) is 6. The number of rotatable bonds is 5. The lowest BCUT2D eigenvalue weighted by atomic mass is 10.1. The predicted octanol–water partition coefficient (Wildman–Crippen LogP) is 1.22. The van der Waals surface area contributed by atoms with Crippen molar-refractivity contribution in [1.82, 2.24) is 0 Å². The molecule has 1 aromatic carbocycles. The van der Waals surface area contributed by atoms with Gasteiger partial charge in [0.2, 0.25) is 0 Å². The van der Waals surface area contributed by atoms with E-state index < -0.39 is 35.5 Å². The first-order chi connectivity index (χ1) is 10.0. The van der Waals surface area contributed by atoms with E-state index in [9.17, 15) is 19.2 Å². The minimum absolute atomic E-state index is 0.0788. The van der Waals surface area contributed by atoms with Crippen LogP contribution in [-0.4, -0.2) is 49.6 Å². The standard InChI is InChI=1S/C8H6O4S.C4H6O4S/c9-7(10)4-1-5(8(11)12)3-6(13)2-4;5-3(6)1-2(9)4(7)8/h1-3,13H,(H,9,10)(H,11,12);2,9H,1H2,(H,5,6)(H,7,8). The summed E-state index contributed by atoms with van der Waals surface area (Å²) in [5.41, 5.74) is -0.158. The van der Waals surface area contributed by atoms with Crippen LogP contribution >= 0.6 is 25.3 Å². The van der Waals surface area contributed by atoms with Gasteiger partial charge in [0, 0.05) is 4.90 Å². The number of carboxylic acid groups (broad SMARTS) is 4. The molecule has 1 atom stereocenters. The molecule has 0 aromatic heterocycles. The molecule has 0 saturated carbocycles. The van der Waals surface area contributed by atoms with Gasteiger partial charge in [-0.1, -0.05) is 0 Å². The van der Waals surface area contributed by atoms with Gasteiger partial charge in [-0.3, -0.25) is 9.59 Å². The largest absolute Gasteiger partial charge is 0.481 e.